The van der Waals surface area contributed by atoms with E-state index in [-0.39, 0.29) is 38.5 Å². The summed E-state index contributed by atoms with van der Waals surface area (Å²) in [5.74, 6) is -2.80. The molecule has 0 bridgehead atoms. The second-order valence-electron chi connectivity index (χ2n) is 6.43. The maximum atomic E-state index is 12.8. The minimum Gasteiger partial charge on any atom is -0.478 e. The lowest BCUT2D eigenvalue weighted by molar-refractivity contribution is 0.0599. The summed E-state index contributed by atoms with van der Waals surface area (Å²) in [6, 6.07) is 16.1. The molecule has 0 aliphatic heterocycles. The monoisotopic (exact) mass is 437 g/mol. The number of methoxy groups -OCH3 is 1. The van der Waals surface area contributed by atoms with Crippen LogP contribution in [0.15, 0.2) is 66.7 Å². The largest absolute Gasteiger partial charge is 0.478 e. The lowest BCUT2D eigenvalue weighted by Crippen LogP contribution is -2.15. The van der Waals surface area contributed by atoms with E-state index in [9.17, 15) is 24.3 Å². The topological polar surface area (TPSA) is 110 Å². The van der Waals surface area contributed by atoms with Crippen LogP contribution in [0, 0.1) is 0 Å². The number of carboxylic acid groups (broad SMARTS) is 1. The van der Waals surface area contributed by atoms with Gasteiger partial charge in [0.1, 0.15) is 0 Å². The third-order valence-corrected chi connectivity index (χ3v) is 4.63. The Morgan fingerprint density at radius 1 is 0.839 bits per heavy atom. The number of aromatic carboxylic acids is 1. The first-order chi connectivity index (χ1) is 14.8. The van der Waals surface area contributed by atoms with E-state index in [1.165, 1.54) is 61.7 Å². The number of ketones is 1. The zero-order chi connectivity index (χ0) is 22.5. The van der Waals surface area contributed by atoms with Crippen LogP contribution < -0.4 is 5.32 Å². The van der Waals surface area contributed by atoms with Gasteiger partial charge in [0.05, 0.1) is 23.9 Å². The quantitative estimate of drug-likeness (QED) is 0.439. The van der Waals surface area contributed by atoms with Gasteiger partial charge in [0.15, 0.2) is 5.78 Å². The molecule has 3 rings (SSSR count). The Hall–Kier alpha value is -3.97. The van der Waals surface area contributed by atoms with Crippen LogP contribution in [0.3, 0.4) is 0 Å². The van der Waals surface area contributed by atoms with Crippen molar-refractivity contribution in [1.29, 1.82) is 0 Å². The van der Waals surface area contributed by atoms with Gasteiger partial charge >= 0.3 is 11.9 Å². The number of carbonyl (C=O) groups is 4. The highest BCUT2D eigenvalue weighted by molar-refractivity contribution is 6.31. The highest BCUT2D eigenvalue weighted by Crippen LogP contribution is 2.22. The first kappa shape index (κ1) is 21.7. The maximum Gasteiger partial charge on any atom is 0.337 e. The SMILES string of the molecule is COC(=O)c1cccc(C(=O)c2cccc(C(=O)Nc3ccc(Cl)cc3C(=O)O)c2)c1. The summed E-state index contributed by atoms with van der Waals surface area (Å²) in [4.78, 5) is 48.6. The summed E-state index contributed by atoms with van der Waals surface area (Å²) < 4.78 is 4.66. The van der Waals surface area contributed by atoms with E-state index in [1.54, 1.807) is 12.1 Å². The normalized spacial score (nSPS) is 10.3. The number of ether oxygens (including phenoxy) is 1. The molecule has 156 valence electrons. The minimum absolute atomic E-state index is 0.0735. The smallest absolute Gasteiger partial charge is 0.337 e. The van der Waals surface area contributed by atoms with Crippen LogP contribution in [0.1, 0.15) is 47.0 Å². The molecule has 0 fully saturated rings. The number of carbonyl (C=O) groups excluding carboxylic acids is 3. The zero-order valence-electron chi connectivity index (χ0n) is 16.2. The lowest BCUT2D eigenvalue weighted by Gasteiger charge is -2.10. The first-order valence-corrected chi connectivity index (χ1v) is 9.35. The molecule has 0 heterocycles. The van der Waals surface area contributed by atoms with Crippen molar-refractivity contribution >= 4 is 40.9 Å². The molecular weight excluding hydrogens is 422 g/mol. The van der Waals surface area contributed by atoms with Crippen molar-refractivity contribution in [3.8, 4) is 0 Å². The Bertz CT molecular complexity index is 1200. The molecule has 7 nitrogen and oxygen atoms in total. The van der Waals surface area contributed by atoms with Crippen LogP contribution in [0.4, 0.5) is 5.69 Å². The van der Waals surface area contributed by atoms with Gasteiger partial charge in [-0.15, -0.1) is 0 Å². The number of amides is 1. The molecule has 3 aromatic carbocycles. The van der Waals surface area contributed by atoms with Crippen molar-refractivity contribution < 1.29 is 29.0 Å². The average Bonchev–Trinajstić information content (AvgIpc) is 2.79. The van der Waals surface area contributed by atoms with Crippen molar-refractivity contribution in [1.82, 2.24) is 0 Å². The van der Waals surface area contributed by atoms with Gasteiger partial charge in [0.25, 0.3) is 5.91 Å². The highest BCUT2D eigenvalue weighted by atomic mass is 35.5. The van der Waals surface area contributed by atoms with Gasteiger partial charge in [0, 0.05) is 21.7 Å². The van der Waals surface area contributed by atoms with Crippen molar-refractivity contribution in [2.24, 2.45) is 0 Å². The molecule has 0 spiro atoms. The summed E-state index contributed by atoms with van der Waals surface area (Å²) in [5.41, 5.74) is 0.778. The summed E-state index contributed by atoms with van der Waals surface area (Å²) in [7, 11) is 1.25. The summed E-state index contributed by atoms with van der Waals surface area (Å²) >= 11 is 5.83. The van der Waals surface area contributed by atoms with E-state index in [0.717, 1.165) is 0 Å². The molecule has 3 aromatic rings. The molecule has 0 aromatic heterocycles. The number of nitrogens with one attached hydrogen (secondary N) is 1. The van der Waals surface area contributed by atoms with Crippen LogP contribution in [0.25, 0.3) is 0 Å². The average molecular weight is 438 g/mol. The fraction of sp³-hybridized carbons (Fsp3) is 0.0435. The molecule has 0 saturated carbocycles. The van der Waals surface area contributed by atoms with Crippen molar-refractivity contribution in [3.05, 3.63) is 99.6 Å². The number of hydrogen-bond donors (Lipinski definition) is 2. The number of halogens is 1. The number of esters is 1. The summed E-state index contributed by atoms with van der Waals surface area (Å²) in [5, 5.41) is 12.0. The number of anilines is 1. The predicted molar refractivity (Wildman–Crippen MR) is 114 cm³/mol. The Morgan fingerprint density at radius 3 is 2.03 bits per heavy atom. The van der Waals surface area contributed by atoms with Crippen LogP contribution in [0.2, 0.25) is 5.02 Å². The second-order valence-corrected chi connectivity index (χ2v) is 6.87. The van der Waals surface area contributed by atoms with Gasteiger partial charge < -0.3 is 15.2 Å². The Balaban J connectivity index is 1.87. The van der Waals surface area contributed by atoms with Crippen molar-refractivity contribution in [2.45, 2.75) is 0 Å². The van der Waals surface area contributed by atoms with Crippen molar-refractivity contribution in [3.63, 3.8) is 0 Å². The van der Waals surface area contributed by atoms with Crippen molar-refractivity contribution in [2.75, 3.05) is 12.4 Å². The number of benzene rings is 3. The van der Waals surface area contributed by atoms with E-state index < -0.39 is 23.6 Å². The lowest BCUT2D eigenvalue weighted by atomic mass is 9.99. The Labute approximate surface area is 182 Å². The molecule has 31 heavy (non-hydrogen) atoms. The summed E-state index contributed by atoms with van der Waals surface area (Å²) in [6.07, 6.45) is 0. The molecule has 8 heteroatoms. The van der Waals surface area contributed by atoms with Gasteiger partial charge in [-0.1, -0.05) is 35.9 Å². The van der Waals surface area contributed by atoms with Crippen LogP contribution in [-0.4, -0.2) is 35.8 Å². The Kier molecular flexibility index (Phi) is 6.47. The number of rotatable bonds is 6. The van der Waals surface area contributed by atoms with Gasteiger partial charge in [-0.25, -0.2) is 9.59 Å². The van der Waals surface area contributed by atoms with Gasteiger partial charge in [-0.3, -0.25) is 9.59 Å². The molecule has 0 saturated heterocycles. The van der Waals surface area contributed by atoms with Crippen LogP contribution >= 0.6 is 11.6 Å². The fourth-order valence-corrected chi connectivity index (χ4v) is 3.04. The number of carboxylic acids is 1. The van der Waals surface area contributed by atoms with E-state index in [0.29, 0.717) is 0 Å². The molecule has 0 atom stereocenters. The van der Waals surface area contributed by atoms with E-state index >= 15 is 0 Å². The fourth-order valence-electron chi connectivity index (χ4n) is 2.87. The zero-order valence-corrected chi connectivity index (χ0v) is 17.0. The molecule has 0 radical (unpaired) electrons. The van der Waals surface area contributed by atoms with E-state index in [4.69, 9.17) is 11.6 Å². The molecule has 1 amide bonds. The summed E-state index contributed by atoms with van der Waals surface area (Å²) in [6.45, 7) is 0. The van der Waals surface area contributed by atoms with Gasteiger partial charge in [-0.2, -0.15) is 0 Å². The van der Waals surface area contributed by atoms with Gasteiger partial charge in [0.2, 0.25) is 0 Å². The second kappa shape index (κ2) is 9.23. The Morgan fingerprint density at radius 2 is 1.42 bits per heavy atom. The predicted octanol–water partition coefficient (Wildman–Crippen LogP) is 4.31. The van der Waals surface area contributed by atoms with E-state index in [1.807, 2.05) is 0 Å². The standard InChI is InChI=1S/C23H16ClNO6/c1-31-23(30)16-7-3-5-14(11-16)20(26)13-4-2-6-15(10-13)21(27)25-19-9-8-17(24)12-18(19)22(28)29/h2-12H,1H3,(H,25,27)(H,28,29). The minimum atomic E-state index is -1.24. The molecule has 0 aliphatic rings. The third-order valence-electron chi connectivity index (χ3n) is 4.39. The van der Waals surface area contributed by atoms with Crippen LogP contribution in [0.5, 0.6) is 0 Å². The third kappa shape index (κ3) is 4.96. The maximum absolute atomic E-state index is 12.8. The molecule has 2 N–H and O–H groups in total. The number of hydrogen-bond acceptors (Lipinski definition) is 5. The molecule has 0 aliphatic carbocycles. The highest BCUT2D eigenvalue weighted by Gasteiger charge is 2.17. The van der Waals surface area contributed by atoms with E-state index in [2.05, 4.69) is 10.1 Å². The first-order valence-electron chi connectivity index (χ1n) is 8.97. The molecular formula is C23H16ClNO6. The molecule has 0 unspecified atom stereocenters. The van der Waals surface area contributed by atoms with Crippen LogP contribution in [-0.2, 0) is 4.74 Å². The van der Waals surface area contributed by atoms with Gasteiger partial charge in [-0.05, 0) is 42.5 Å².